The van der Waals surface area contributed by atoms with Crippen LogP contribution in [0.5, 0.6) is 0 Å². The molecule has 0 aromatic carbocycles. The first kappa shape index (κ1) is 19.5. The van der Waals surface area contributed by atoms with Crippen molar-refractivity contribution in [3.05, 3.63) is 0 Å². The SMILES string of the molecule is CN=C(NC1C2CCOC2C1(C)C)N1CCC(OCC2CCCCO2)CC1. The molecule has 4 rings (SSSR count). The lowest BCUT2D eigenvalue weighted by atomic mass is 9.57. The molecule has 3 aliphatic heterocycles. The summed E-state index contributed by atoms with van der Waals surface area (Å²) in [4.78, 5) is 6.99. The van der Waals surface area contributed by atoms with Crippen LogP contribution < -0.4 is 5.32 Å². The molecule has 0 aromatic rings. The van der Waals surface area contributed by atoms with Gasteiger partial charge in [-0.15, -0.1) is 0 Å². The van der Waals surface area contributed by atoms with Gasteiger partial charge in [-0.3, -0.25) is 4.99 Å². The van der Waals surface area contributed by atoms with Crippen LogP contribution in [0.4, 0.5) is 0 Å². The van der Waals surface area contributed by atoms with Crippen LogP contribution in [-0.2, 0) is 14.2 Å². The van der Waals surface area contributed by atoms with Crippen molar-refractivity contribution in [1.29, 1.82) is 0 Å². The van der Waals surface area contributed by atoms with Gasteiger partial charge < -0.3 is 24.4 Å². The van der Waals surface area contributed by atoms with Crippen LogP contribution >= 0.6 is 0 Å². The van der Waals surface area contributed by atoms with Crippen molar-refractivity contribution in [2.75, 3.05) is 40.0 Å². The summed E-state index contributed by atoms with van der Waals surface area (Å²) < 4.78 is 17.9. The van der Waals surface area contributed by atoms with Gasteiger partial charge in [-0.05, 0) is 38.5 Å². The number of rotatable bonds is 4. The van der Waals surface area contributed by atoms with Crippen molar-refractivity contribution in [3.8, 4) is 0 Å². The minimum Gasteiger partial charge on any atom is -0.377 e. The van der Waals surface area contributed by atoms with Crippen molar-refractivity contribution >= 4 is 5.96 Å². The number of ether oxygens (including phenoxy) is 3. The maximum Gasteiger partial charge on any atom is 0.193 e. The topological polar surface area (TPSA) is 55.3 Å². The standard InChI is InChI=1S/C21H37N3O3/c1-21(2)18(17-9-13-26-19(17)21)23-20(22-3)24-10-7-15(8-11-24)27-14-16-6-4-5-12-25-16/h15-19H,4-14H2,1-3H3,(H,22,23). The molecule has 0 aromatic heterocycles. The summed E-state index contributed by atoms with van der Waals surface area (Å²) in [6, 6.07) is 0.459. The van der Waals surface area contributed by atoms with Gasteiger partial charge in [-0.2, -0.15) is 0 Å². The first-order valence-electron chi connectivity index (χ1n) is 10.9. The van der Waals surface area contributed by atoms with Crippen LogP contribution in [0.3, 0.4) is 0 Å². The Labute approximate surface area is 164 Å². The predicted molar refractivity (Wildman–Crippen MR) is 106 cm³/mol. The Morgan fingerprint density at radius 3 is 2.63 bits per heavy atom. The monoisotopic (exact) mass is 379 g/mol. The zero-order valence-electron chi connectivity index (χ0n) is 17.3. The Kier molecular flexibility index (Phi) is 5.95. The molecule has 6 nitrogen and oxygen atoms in total. The number of hydrogen-bond acceptors (Lipinski definition) is 4. The Hall–Kier alpha value is -0.850. The van der Waals surface area contributed by atoms with E-state index in [1.807, 2.05) is 7.05 Å². The lowest BCUT2D eigenvalue weighted by Gasteiger charge is -2.55. The van der Waals surface area contributed by atoms with Crippen LogP contribution in [0.2, 0.25) is 0 Å². The van der Waals surface area contributed by atoms with Crippen LogP contribution in [0, 0.1) is 11.3 Å². The Balaban J connectivity index is 1.23. The van der Waals surface area contributed by atoms with Crippen LogP contribution in [0.25, 0.3) is 0 Å². The second-order valence-corrected chi connectivity index (χ2v) is 9.24. The lowest BCUT2D eigenvalue weighted by Crippen LogP contribution is -2.68. The predicted octanol–water partition coefficient (Wildman–Crippen LogP) is 2.43. The molecule has 6 heteroatoms. The molecule has 0 spiro atoms. The maximum absolute atomic E-state index is 6.16. The minimum atomic E-state index is 0.179. The average molecular weight is 380 g/mol. The fourth-order valence-corrected chi connectivity index (χ4v) is 5.47. The first-order chi connectivity index (χ1) is 13.1. The van der Waals surface area contributed by atoms with Gasteiger partial charge >= 0.3 is 0 Å². The zero-order valence-corrected chi connectivity index (χ0v) is 17.3. The fourth-order valence-electron chi connectivity index (χ4n) is 5.47. The van der Waals surface area contributed by atoms with Crippen molar-refractivity contribution in [2.24, 2.45) is 16.3 Å². The molecule has 1 N–H and O–H groups in total. The van der Waals surface area contributed by atoms with Crippen molar-refractivity contribution in [3.63, 3.8) is 0 Å². The van der Waals surface area contributed by atoms with E-state index in [9.17, 15) is 0 Å². The lowest BCUT2D eigenvalue weighted by molar-refractivity contribution is -0.107. The first-order valence-corrected chi connectivity index (χ1v) is 10.9. The van der Waals surface area contributed by atoms with E-state index >= 15 is 0 Å². The van der Waals surface area contributed by atoms with Crippen LogP contribution in [-0.4, -0.2) is 75.2 Å². The van der Waals surface area contributed by atoms with E-state index in [0.29, 0.717) is 30.3 Å². The number of guanidine groups is 1. The third kappa shape index (κ3) is 3.99. The van der Waals surface area contributed by atoms with E-state index in [2.05, 4.69) is 29.1 Å². The molecular weight excluding hydrogens is 342 g/mol. The second-order valence-electron chi connectivity index (χ2n) is 9.24. The van der Waals surface area contributed by atoms with Crippen molar-refractivity contribution in [1.82, 2.24) is 10.2 Å². The number of nitrogens with zero attached hydrogens (tertiary/aromatic N) is 2. The molecule has 0 radical (unpaired) electrons. The molecule has 3 saturated heterocycles. The molecule has 0 amide bonds. The average Bonchev–Trinajstić information content (AvgIpc) is 3.16. The highest BCUT2D eigenvalue weighted by molar-refractivity contribution is 5.80. The normalized spacial score (nSPS) is 37.0. The summed E-state index contributed by atoms with van der Waals surface area (Å²) in [6.45, 7) is 9.22. The summed E-state index contributed by atoms with van der Waals surface area (Å²) in [5, 5.41) is 3.77. The third-order valence-electron chi connectivity index (χ3n) is 7.13. The molecule has 4 atom stereocenters. The molecule has 4 aliphatic rings. The number of hydrogen-bond donors (Lipinski definition) is 1. The third-order valence-corrected chi connectivity index (χ3v) is 7.13. The van der Waals surface area contributed by atoms with Gasteiger partial charge in [0, 0.05) is 50.7 Å². The van der Waals surface area contributed by atoms with Gasteiger partial charge in [0.15, 0.2) is 5.96 Å². The number of fused-ring (bicyclic) bond motifs is 1. The van der Waals surface area contributed by atoms with Gasteiger partial charge in [0.25, 0.3) is 0 Å². The van der Waals surface area contributed by atoms with Crippen LogP contribution in [0.15, 0.2) is 4.99 Å². The molecule has 0 bridgehead atoms. The second kappa shape index (κ2) is 8.26. The highest BCUT2D eigenvalue weighted by Crippen LogP contribution is 2.52. The summed E-state index contributed by atoms with van der Waals surface area (Å²) in [5.74, 6) is 1.68. The van der Waals surface area contributed by atoms with E-state index in [0.717, 1.165) is 58.1 Å². The Bertz CT molecular complexity index is 525. The van der Waals surface area contributed by atoms with E-state index in [1.54, 1.807) is 0 Å². The van der Waals surface area contributed by atoms with E-state index in [4.69, 9.17) is 14.2 Å². The summed E-state index contributed by atoms with van der Waals surface area (Å²) >= 11 is 0. The van der Waals surface area contributed by atoms with E-state index in [1.165, 1.54) is 19.3 Å². The van der Waals surface area contributed by atoms with Gasteiger partial charge in [0.1, 0.15) is 0 Å². The molecule has 154 valence electrons. The summed E-state index contributed by atoms with van der Waals surface area (Å²) in [7, 11) is 1.90. The summed E-state index contributed by atoms with van der Waals surface area (Å²) in [6.07, 6.45) is 8.01. The molecule has 27 heavy (non-hydrogen) atoms. The van der Waals surface area contributed by atoms with E-state index < -0.39 is 0 Å². The molecule has 1 aliphatic carbocycles. The maximum atomic E-state index is 6.16. The number of aliphatic imine (C=N–C) groups is 1. The van der Waals surface area contributed by atoms with Crippen molar-refractivity contribution in [2.45, 2.75) is 76.7 Å². The van der Waals surface area contributed by atoms with Gasteiger partial charge in [-0.1, -0.05) is 13.8 Å². The number of likely N-dealkylation sites (tertiary alicyclic amines) is 1. The molecule has 1 saturated carbocycles. The highest BCUT2D eigenvalue weighted by atomic mass is 16.5. The van der Waals surface area contributed by atoms with Crippen molar-refractivity contribution < 1.29 is 14.2 Å². The smallest absolute Gasteiger partial charge is 0.193 e. The van der Waals surface area contributed by atoms with Gasteiger partial charge in [-0.25, -0.2) is 0 Å². The van der Waals surface area contributed by atoms with Crippen LogP contribution in [0.1, 0.15) is 52.4 Å². The quantitative estimate of drug-likeness (QED) is 0.601. The van der Waals surface area contributed by atoms with E-state index in [-0.39, 0.29) is 5.41 Å². The number of piperidine rings is 1. The Morgan fingerprint density at radius 2 is 1.93 bits per heavy atom. The largest absolute Gasteiger partial charge is 0.377 e. The number of nitrogens with one attached hydrogen (secondary N) is 1. The summed E-state index contributed by atoms with van der Waals surface area (Å²) in [5.41, 5.74) is 0.179. The van der Waals surface area contributed by atoms with Gasteiger partial charge in [0.05, 0.1) is 24.9 Å². The highest BCUT2D eigenvalue weighted by Gasteiger charge is 2.59. The minimum absolute atomic E-state index is 0.179. The molecule has 3 heterocycles. The Morgan fingerprint density at radius 1 is 1.11 bits per heavy atom. The van der Waals surface area contributed by atoms with Gasteiger partial charge in [0.2, 0.25) is 0 Å². The molecular formula is C21H37N3O3. The molecule has 4 fully saturated rings. The zero-order chi connectivity index (χ0) is 18.9. The molecule has 4 unspecified atom stereocenters. The fraction of sp³-hybridized carbons (Fsp3) is 0.952.